The van der Waals surface area contributed by atoms with Gasteiger partial charge in [0.15, 0.2) is 5.13 Å². The molecular weight excluding hydrogens is 436 g/mol. The summed E-state index contributed by atoms with van der Waals surface area (Å²) in [7, 11) is 0. The van der Waals surface area contributed by atoms with Gasteiger partial charge < -0.3 is 10.1 Å². The molecule has 0 unspecified atom stereocenters. The molecule has 26 heavy (non-hydrogen) atoms. The molecule has 0 aliphatic rings. The SMILES string of the molecule is CCc1ccc(OCCCC(=O)Nc2nc3ccc(Cl)cc3s2)c(Br)c1. The van der Waals surface area contributed by atoms with E-state index in [4.69, 9.17) is 16.3 Å². The molecule has 0 aliphatic carbocycles. The number of thiazole rings is 1. The van der Waals surface area contributed by atoms with Crippen molar-refractivity contribution in [3.05, 3.63) is 51.5 Å². The molecule has 0 radical (unpaired) electrons. The number of amides is 1. The maximum atomic E-state index is 12.1. The van der Waals surface area contributed by atoms with Crippen LogP contribution in [0.1, 0.15) is 25.3 Å². The Bertz CT molecular complexity index is 929. The van der Waals surface area contributed by atoms with Crippen molar-refractivity contribution in [2.75, 3.05) is 11.9 Å². The first-order valence-electron chi connectivity index (χ1n) is 8.32. The van der Waals surface area contributed by atoms with E-state index in [1.807, 2.05) is 24.3 Å². The summed E-state index contributed by atoms with van der Waals surface area (Å²) in [6.45, 7) is 2.59. The number of aryl methyl sites for hydroxylation is 1. The van der Waals surface area contributed by atoms with Crippen LogP contribution in [0.25, 0.3) is 10.2 Å². The lowest BCUT2D eigenvalue weighted by Gasteiger charge is -2.09. The number of fused-ring (bicyclic) bond motifs is 1. The van der Waals surface area contributed by atoms with Crippen molar-refractivity contribution in [1.29, 1.82) is 0 Å². The Morgan fingerprint density at radius 1 is 1.31 bits per heavy atom. The highest BCUT2D eigenvalue weighted by atomic mass is 79.9. The molecule has 1 N–H and O–H groups in total. The fraction of sp³-hybridized carbons (Fsp3) is 0.263. The molecule has 0 saturated heterocycles. The van der Waals surface area contributed by atoms with Gasteiger partial charge >= 0.3 is 0 Å². The van der Waals surface area contributed by atoms with Crippen LogP contribution < -0.4 is 10.1 Å². The summed E-state index contributed by atoms with van der Waals surface area (Å²) in [5.41, 5.74) is 2.08. The normalized spacial score (nSPS) is 10.9. The summed E-state index contributed by atoms with van der Waals surface area (Å²) in [6, 6.07) is 11.5. The molecule has 0 bridgehead atoms. The lowest BCUT2D eigenvalue weighted by molar-refractivity contribution is -0.116. The molecule has 7 heteroatoms. The fourth-order valence-electron chi connectivity index (χ4n) is 2.43. The molecule has 3 rings (SSSR count). The number of benzene rings is 2. The molecule has 1 heterocycles. The second-order valence-electron chi connectivity index (χ2n) is 5.75. The Hall–Kier alpha value is -1.63. The number of rotatable bonds is 7. The minimum Gasteiger partial charge on any atom is -0.492 e. The first-order chi connectivity index (χ1) is 12.5. The van der Waals surface area contributed by atoms with Crippen LogP contribution in [0.15, 0.2) is 40.9 Å². The third-order valence-electron chi connectivity index (χ3n) is 3.81. The van der Waals surface area contributed by atoms with E-state index in [0.717, 1.165) is 26.9 Å². The zero-order valence-electron chi connectivity index (χ0n) is 14.2. The minimum absolute atomic E-state index is 0.0702. The molecule has 0 saturated carbocycles. The average molecular weight is 454 g/mol. The number of nitrogens with zero attached hydrogens (tertiary/aromatic N) is 1. The molecule has 4 nitrogen and oxygen atoms in total. The van der Waals surface area contributed by atoms with E-state index >= 15 is 0 Å². The van der Waals surface area contributed by atoms with Crippen molar-refractivity contribution >= 4 is 60.1 Å². The van der Waals surface area contributed by atoms with Gasteiger partial charge in [-0.05, 0) is 64.7 Å². The summed E-state index contributed by atoms with van der Waals surface area (Å²) in [4.78, 5) is 16.5. The molecule has 0 atom stereocenters. The van der Waals surface area contributed by atoms with E-state index in [0.29, 0.717) is 29.6 Å². The Morgan fingerprint density at radius 3 is 2.92 bits per heavy atom. The van der Waals surface area contributed by atoms with Gasteiger partial charge in [0.05, 0.1) is 21.3 Å². The zero-order chi connectivity index (χ0) is 18.5. The summed E-state index contributed by atoms with van der Waals surface area (Å²) in [6.07, 6.45) is 1.99. The first-order valence-corrected chi connectivity index (χ1v) is 10.3. The third kappa shape index (κ3) is 4.96. The summed E-state index contributed by atoms with van der Waals surface area (Å²) < 4.78 is 7.64. The number of carbonyl (C=O) groups is 1. The molecule has 1 aromatic heterocycles. The van der Waals surface area contributed by atoms with Gasteiger partial charge in [0.25, 0.3) is 0 Å². The predicted octanol–water partition coefficient (Wildman–Crippen LogP) is 6.07. The van der Waals surface area contributed by atoms with Crippen LogP contribution in [-0.2, 0) is 11.2 Å². The Morgan fingerprint density at radius 2 is 2.15 bits per heavy atom. The van der Waals surface area contributed by atoms with Gasteiger partial charge in [-0.3, -0.25) is 4.79 Å². The Labute approximate surface area is 169 Å². The van der Waals surface area contributed by atoms with Crippen molar-refractivity contribution in [1.82, 2.24) is 4.98 Å². The van der Waals surface area contributed by atoms with Crippen LogP contribution in [-0.4, -0.2) is 17.5 Å². The van der Waals surface area contributed by atoms with Crippen molar-refractivity contribution in [2.24, 2.45) is 0 Å². The molecule has 1 amide bonds. The summed E-state index contributed by atoms with van der Waals surface area (Å²) in [5, 5.41) is 4.09. The van der Waals surface area contributed by atoms with E-state index in [1.165, 1.54) is 16.9 Å². The lowest BCUT2D eigenvalue weighted by Crippen LogP contribution is -2.12. The largest absolute Gasteiger partial charge is 0.492 e. The number of anilines is 1. The number of aromatic nitrogens is 1. The second-order valence-corrected chi connectivity index (χ2v) is 8.07. The highest BCUT2D eigenvalue weighted by Gasteiger charge is 2.09. The number of halogens is 2. The van der Waals surface area contributed by atoms with Crippen LogP contribution in [0.2, 0.25) is 5.02 Å². The number of carbonyl (C=O) groups excluding carboxylic acids is 1. The van der Waals surface area contributed by atoms with Gasteiger partial charge in [0.1, 0.15) is 5.75 Å². The van der Waals surface area contributed by atoms with Crippen LogP contribution in [0.4, 0.5) is 5.13 Å². The molecular formula is C19H18BrClN2O2S. The van der Waals surface area contributed by atoms with Crippen LogP contribution in [0.5, 0.6) is 5.75 Å². The highest BCUT2D eigenvalue weighted by molar-refractivity contribution is 9.10. The number of hydrogen-bond acceptors (Lipinski definition) is 4. The van der Waals surface area contributed by atoms with Crippen LogP contribution in [0, 0.1) is 0 Å². The molecule has 3 aromatic rings. The average Bonchev–Trinajstić information content (AvgIpc) is 3.00. The van der Waals surface area contributed by atoms with Crippen molar-refractivity contribution in [3.8, 4) is 5.75 Å². The smallest absolute Gasteiger partial charge is 0.226 e. The molecule has 0 fully saturated rings. The van der Waals surface area contributed by atoms with E-state index in [9.17, 15) is 4.79 Å². The highest BCUT2D eigenvalue weighted by Crippen LogP contribution is 2.29. The summed E-state index contributed by atoms with van der Waals surface area (Å²) in [5.74, 6) is 0.727. The Balaban J connectivity index is 1.46. The fourth-order valence-corrected chi connectivity index (χ4v) is 4.13. The first kappa shape index (κ1) is 19.1. The van der Waals surface area contributed by atoms with Gasteiger partial charge in [0, 0.05) is 11.4 Å². The third-order valence-corrected chi connectivity index (χ3v) is 5.60. The van der Waals surface area contributed by atoms with Gasteiger partial charge in [-0.2, -0.15) is 0 Å². The quantitative estimate of drug-likeness (QED) is 0.442. The molecule has 2 aromatic carbocycles. The zero-order valence-corrected chi connectivity index (χ0v) is 17.4. The van der Waals surface area contributed by atoms with Gasteiger partial charge in [-0.15, -0.1) is 0 Å². The van der Waals surface area contributed by atoms with Gasteiger partial charge in [-0.1, -0.05) is 35.9 Å². The van der Waals surface area contributed by atoms with Crippen molar-refractivity contribution in [3.63, 3.8) is 0 Å². The van der Waals surface area contributed by atoms with E-state index < -0.39 is 0 Å². The molecule has 0 aliphatic heterocycles. The van der Waals surface area contributed by atoms with Crippen molar-refractivity contribution < 1.29 is 9.53 Å². The lowest BCUT2D eigenvalue weighted by atomic mass is 10.2. The standard InChI is InChI=1S/C19H18BrClN2O2S/c1-2-12-5-8-16(14(20)10-12)25-9-3-4-18(24)23-19-22-15-7-6-13(21)11-17(15)26-19/h5-8,10-11H,2-4,9H2,1H3,(H,22,23,24). The minimum atomic E-state index is -0.0702. The second kappa shape index (κ2) is 8.84. The van der Waals surface area contributed by atoms with Gasteiger partial charge in [-0.25, -0.2) is 4.98 Å². The molecule has 136 valence electrons. The summed E-state index contributed by atoms with van der Waals surface area (Å²) >= 11 is 10.9. The number of nitrogens with one attached hydrogen (secondary N) is 1. The maximum Gasteiger partial charge on any atom is 0.226 e. The van der Waals surface area contributed by atoms with Crippen molar-refractivity contribution in [2.45, 2.75) is 26.2 Å². The van der Waals surface area contributed by atoms with Crippen LogP contribution >= 0.6 is 38.9 Å². The molecule has 0 spiro atoms. The van der Waals surface area contributed by atoms with Crippen LogP contribution in [0.3, 0.4) is 0 Å². The number of hydrogen-bond donors (Lipinski definition) is 1. The van der Waals surface area contributed by atoms with E-state index in [2.05, 4.69) is 39.2 Å². The Kier molecular flexibility index (Phi) is 6.51. The monoisotopic (exact) mass is 452 g/mol. The van der Waals surface area contributed by atoms with E-state index in [1.54, 1.807) is 6.07 Å². The topological polar surface area (TPSA) is 51.2 Å². The van der Waals surface area contributed by atoms with E-state index in [-0.39, 0.29) is 5.91 Å². The van der Waals surface area contributed by atoms with Gasteiger partial charge in [0.2, 0.25) is 5.91 Å². The predicted molar refractivity (Wildman–Crippen MR) is 112 cm³/mol. The number of ether oxygens (including phenoxy) is 1. The maximum absolute atomic E-state index is 12.1.